The number of benzene rings is 1. The highest BCUT2D eigenvalue weighted by molar-refractivity contribution is 9.12. The zero-order chi connectivity index (χ0) is 8.97. The van der Waals surface area contributed by atoms with E-state index in [1.807, 2.05) is 0 Å². The zero-order valence-electron chi connectivity index (χ0n) is 6.43. The van der Waals surface area contributed by atoms with Crippen molar-refractivity contribution in [3.05, 3.63) is 35.4 Å². The highest BCUT2D eigenvalue weighted by atomic mass is 79.9. The standard InChI is InChI=1S/C9H9Br2Cl/c10-5-9(11)8-3-1-7(6-12)2-4-8/h1-4,9H,5-6H2/t9-/m0/s1. The summed E-state index contributed by atoms with van der Waals surface area (Å²) in [7, 11) is 0. The summed E-state index contributed by atoms with van der Waals surface area (Å²) in [5, 5.41) is 0.924. The van der Waals surface area contributed by atoms with Gasteiger partial charge in [0.2, 0.25) is 0 Å². The summed E-state index contributed by atoms with van der Waals surface area (Å²) in [6, 6.07) is 8.30. The zero-order valence-corrected chi connectivity index (χ0v) is 10.4. The molecule has 0 unspecified atom stereocenters. The first-order chi connectivity index (χ1) is 5.77. The maximum Gasteiger partial charge on any atom is 0.0492 e. The Bertz CT molecular complexity index is 233. The van der Waals surface area contributed by atoms with Crippen molar-refractivity contribution in [3.63, 3.8) is 0 Å². The molecule has 0 bridgehead atoms. The fourth-order valence-electron chi connectivity index (χ4n) is 0.905. The van der Waals surface area contributed by atoms with Crippen molar-refractivity contribution in [1.29, 1.82) is 0 Å². The van der Waals surface area contributed by atoms with Crippen molar-refractivity contribution in [2.45, 2.75) is 10.7 Å². The Hall–Kier alpha value is 0.470. The third-order valence-electron chi connectivity index (χ3n) is 1.63. The number of rotatable bonds is 3. The molecular weight excluding hydrogens is 303 g/mol. The van der Waals surface area contributed by atoms with Crippen molar-refractivity contribution < 1.29 is 0 Å². The van der Waals surface area contributed by atoms with Gasteiger partial charge in [-0.15, -0.1) is 11.6 Å². The highest BCUT2D eigenvalue weighted by Crippen LogP contribution is 2.24. The van der Waals surface area contributed by atoms with E-state index in [0.29, 0.717) is 10.7 Å². The van der Waals surface area contributed by atoms with Gasteiger partial charge in [0, 0.05) is 16.0 Å². The van der Waals surface area contributed by atoms with Crippen molar-refractivity contribution in [3.8, 4) is 0 Å². The molecule has 0 N–H and O–H groups in total. The number of hydrogen-bond acceptors (Lipinski definition) is 0. The van der Waals surface area contributed by atoms with Crippen LogP contribution in [0.2, 0.25) is 0 Å². The molecule has 0 saturated heterocycles. The van der Waals surface area contributed by atoms with E-state index in [4.69, 9.17) is 11.6 Å². The molecule has 1 rings (SSSR count). The van der Waals surface area contributed by atoms with Crippen LogP contribution in [0.3, 0.4) is 0 Å². The second kappa shape index (κ2) is 5.25. The lowest BCUT2D eigenvalue weighted by molar-refractivity contribution is 1.15. The molecule has 0 amide bonds. The molecule has 12 heavy (non-hydrogen) atoms. The molecule has 66 valence electrons. The fourth-order valence-corrected chi connectivity index (χ4v) is 1.76. The van der Waals surface area contributed by atoms with E-state index >= 15 is 0 Å². The average molecular weight is 312 g/mol. The monoisotopic (exact) mass is 310 g/mol. The van der Waals surface area contributed by atoms with Crippen LogP contribution in [0.5, 0.6) is 0 Å². The lowest BCUT2D eigenvalue weighted by atomic mass is 10.1. The van der Waals surface area contributed by atoms with Gasteiger partial charge in [-0.1, -0.05) is 56.1 Å². The molecule has 0 fully saturated rings. The summed E-state index contributed by atoms with van der Waals surface area (Å²) >= 11 is 12.6. The molecule has 0 radical (unpaired) electrons. The van der Waals surface area contributed by atoms with Crippen LogP contribution >= 0.6 is 43.5 Å². The third kappa shape index (κ3) is 2.75. The molecule has 3 heteroatoms. The van der Waals surface area contributed by atoms with Crippen LogP contribution < -0.4 is 0 Å². The van der Waals surface area contributed by atoms with E-state index in [9.17, 15) is 0 Å². The van der Waals surface area contributed by atoms with Crippen LogP contribution in [0.1, 0.15) is 16.0 Å². The smallest absolute Gasteiger partial charge is 0.0492 e. The summed E-state index contributed by atoms with van der Waals surface area (Å²) < 4.78 is 0. The Morgan fingerprint density at radius 1 is 1.25 bits per heavy atom. The molecule has 1 atom stereocenters. The van der Waals surface area contributed by atoms with Gasteiger partial charge in [0.05, 0.1) is 0 Å². The Kier molecular flexibility index (Phi) is 4.62. The predicted molar refractivity (Wildman–Crippen MR) is 61.5 cm³/mol. The van der Waals surface area contributed by atoms with E-state index < -0.39 is 0 Å². The number of hydrogen-bond donors (Lipinski definition) is 0. The van der Waals surface area contributed by atoms with Gasteiger partial charge in [-0.05, 0) is 11.1 Å². The van der Waals surface area contributed by atoms with E-state index in [-0.39, 0.29) is 0 Å². The van der Waals surface area contributed by atoms with E-state index in [0.717, 1.165) is 10.9 Å². The molecule has 0 spiro atoms. The third-order valence-corrected chi connectivity index (χ3v) is 4.31. The van der Waals surface area contributed by atoms with Gasteiger partial charge in [0.25, 0.3) is 0 Å². The van der Waals surface area contributed by atoms with Gasteiger partial charge in [-0.25, -0.2) is 0 Å². The molecule has 0 aliphatic heterocycles. The molecule has 0 heterocycles. The highest BCUT2D eigenvalue weighted by Gasteiger charge is 2.03. The summed E-state index contributed by atoms with van der Waals surface area (Å²) in [5.41, 5.74) is 2.44. The molecule has 0 aliphatic rings. The van der Waals surface area contributed by atoms with Crippen LogP contribution in [0.15, 0.2) is 24.3 Å². The van der Waals surface area contributed by atoms with Crippen molar-refractivity contribution in [1.82, 2.24) is 0 Å². The quantitative estimate of drug-likeness (QED) is 0.732. The summed E-state index contributed by atoms with van der Waals surface area (Å²) in [6.45, 7) is 0. The SMILES string of the molecule is ClCc1ccc([C@@H](Br)CBr)cc1. The van der Waals surface area contributed by atoms with Crippen molar-refractivity contribution in [2.24, 2.45) is 0 Å². The minimum atomic E-state index is 0.391. The topological polar surface area (TPSA) is 0 Å². The average Bonchev–Trinajstić information content (AvgIpc) is 2.17. The minimum Gasteiger partial charge on any atom is -0.122 e. The molecule has 0 aliphatic carbocycles. The Labute approximate surface area is 94.6 Å². The second-order valence-corrected chi connectivity index (χ2v) is 4.52. The van der Waals surface area contributed by atoms with Crippen LogP contribution in [0, 0.1) is 0 Å². The number of alkyl halides is 3. The maximum atomic E-state index is 5.67. The summed E-state index contributed by atoms with van der Waals surface area (Å²) in [4.78, 5) is 0.391. The van der Waals surface area contributed by atoms with Gasteiger partial charge in [0.1, 0.15) is 0 Å². The van der Waals surface area contributed by atoms with Crippen molar-refractivity contribution >= 4 is 43.5 Å². The van der Waals surface area contributed by atoms with Gasteiger partial charge in [-0.3, -0.25) is 0 Å². The second-order valence-electron chi connectivity index (χ2n) is 2.50. The molecule has 0 nitrogen and oxygen atoms in total. The van der Waals surface area contributed by atoms with Gasteiger partial charge < -0.3 is 0 Å². The van der Waals surface area contributed by atoms with Gasteiger partial charge in [0.15, 0.2) is 0 Å². The lowest BCUT2D eigenvalue weighted by Gasteiger charge is -2.05. The van der Waals surface area contributed by atoms with E-state index in [2.05, 4.69) is 56.1 Å². The first-order valence-corrected chi connectivity index (χ1v) is 6.20. The molecule has 0 aromatic heterocycles. The molecular formula is C9H9Br2Cl. The van der Waals surface area contributed by atoms with E-state index in [1.54, 1.807) is 0 Å². The summed E-state index contributed by atoms with van der Waals surface area (Å²) in [6.07, 6.45) is 0. The Balaban J connectivity index is 2.77. The van der Waals surface area contributed by atoms with Crippen LogP contribution in [0.25, 0.3) is 0 Å². The number of halogens is 3. The van der Waals surface area contributed by atoms with Crippen LogP contribution in [-0.4, -0.2) is 5.33 Å². The lowest BCUT2D eigenvalue weighted by Crippen LogP contribution is -1.90. The Morgan fingerprint density at radius 3 is 2.25 bits per heavy atom. The maximum absolute atomic E-state index is 5.67. The first-order valence-electron chi connectivity index (χ1n) is 3.62. The minimum absolute atomic E-state index is 0.391. The summed E-state index contributed by atoms with van der Waals surface area (Å²) in [5.74, 6) is 0.585. The van der Waals surface area contributed by atoms with Crippen molar-refractivity contribution in [2.75, 3.05) is 5.33 Å². The van der Waals surface area contributed by atoms with Crippen LogP contribution in [0.4, 0.5) is 0 Å². The fraction of sp³-hybridized carbons (Fsp3) is 0.333. The normalized spacial score (nSPS) is 12.9. The molecule has 1 aromatic carbocycles. The molecule has 1 aromatic rings. The van der Waals surface area contributed by atoms with Gasteiger partial charge in [-0.2, -0.15) is 0 Å². The van der Waals surface area contributed by atoms with E-state index in [1.165, 1.54) is 5.56 Å². The Morgan fingerprint density at radius 2 is 1.83 bits per heavy atom. The van der Waals surface area contributed by atoms with Crippen LogP contribution in [-0.2, 0) is 5.88 Å². The molecule has 0 saturated carbocycles. The largest absolute Gasteiger partial charge is 0.122 e. The van der Waals surface area contributed by atoms with Gasteiger partial charge >= 0.3 is 0 Å². The predicted octanol–water partition coefficient (Wildman–Crippen LogP) is 4.26. The first kappa shape index (κ1) is 10.6.